The summed E-state index contributed by atoms with van der Waals surface area (Å²) in [5, 5.41) is 9.01. The minimum atomic E-state index is -6.25. The largest absolute Gasteiger partial charge is 0.508 e. The van der Waals surface area contributed by atoms with Gasteiger partial charge in [-0.15, -0.1) is 0 Å². The zero-order valence-electron chi connectivity index (χ0n) is 25.2. The van der Waals surface area contributed by atoms with E-state index < -0.39 is 47.6 Å². The van der Waals surface area contributed by atoms with Crippen molar-refractivity contribution in [1.82, 2.24) is 0 Å². The minimum absolute atomic E-state index is 0.104. The molecule has 1 saturated carbocycles. The molecule has 1 aromatic carbocycles. The zero-order valence-corrected chi connectivity index (χ0v) is 25.2. The molecule has 1 aliphatic carbocycles. The third kappa shape index (κ3) is 8.83. The number of ether oxygens (including phenoxy) is 1. The van der Waals surface area contributed by atoms with Gasteiger partial charge in [0, 0.05) is 0 Å². The summed E-state index contributed by atoms with van der Waals surface area (Å²) in [5.74, 6) is -17.8. The fourth-order valence-electron chi connectivity index (χ4n) is 3.48. The fourth-order valence-corrected chi connectivity index (χ4v) is 3.48. The number of phenolic OH excluding ortho intramolecular Hbond substituents is 1. The van der Waals surface area contributed by atoms with E-state index >= 15 is 0 Å². The molecule has 4 unspecified atom stereocenters. The van der Waals surface area contributed by atoms with E-state index in [1.165, 1.54) is 38.3 Å². The number of esters is 1. The lowest BCUT2D eigenvalue weighted by Gasteiger charge is -2.30. The number of hydrogen-bond donors (Lipinski definition) is 1. The van der Waals surface area contributed by atoms with E-state index in [0.29, 0.717) is 11.7 Å². The molecule has 3 nitrogen and oxygen atoms in total. The monoisotopic (exact) mass is 604 g/mol. The standard InChI is InChI=1S/C12H14F8O2.C10H14O.C8H16/c1-4-8(2,3)7(21)22-5-9(14)6(13)10(15,16)12(19,20)11(9,17)18;1-3-8(2)9-4-6-10(11)7-5-9;1-5-8(4)6-7(2)3/h6H,4-5H2,1-3H3;4-8,11H,3H2,1-2H3;6,8H,5H2,1-4H3. The van der Waals surface area contributed by atoms with E-state index in [0.717, 1.165) is 12.3 Å². The van der Waals surface area contributed by atoms with Crippen molar-refractivity contribution in [3.05, 3.63) is 41.5 Å². The number of phenols is 1. The predicted octanol–water partition coefficient (Wildman–Crippen LogP) is 9.84. The first-order chi connectivity index (χ1) is 18.5. The third-order valence-corrected chi connectivity index (χ3v) is 7.24. The molecule has 0 bridgehead atoms. The molecule has 0 heterocycles. The number of rotatable bonds is 8. The molecule has 0 radical (unpaired) electrons. The van der Waals surface area contributed by atoms with Gasteiger partial charge in [0.15, 0.2) is 0 Å². The van der Waals surface area contributed by atoms with Gasteiger partial charge < -0.3 is 9.84 Å². The number of carbonyl (C=O) groups excluding carboxylic acids is 1. The van der Waals surface area contributed by atoms with Crippen molar-refractivity contribution < 1.29 is 49.8 Å². The zero-order chi connectivity index (χ0) is 32.6. The maximum atomic E-state index is 14.0. The Kier molecular flexibility index (Phi) is 13.9. The first kappa shape index (κ1) is 38.7. The molecule has 0 amide bonds. The van der Waals surface area contributed by atoms with Crippen LogP contribution < -0.4 is 0 Å². The molecule has 1 aromatic rings. The number of alkyl halides is 8. The topological polar surface area (TPSA) is 46.5 Å². The van der Waals surface area contributed by atoms with E-state index in [1.54, 1.807) is 12.1 Å². The molecule has 238 valence electrons. The fraction of sp³-hybridized carbons (Fsp3) is 0.700. The van der Waals surface area contributed by atoms with E-state index in [-0.39, 0.29) is 6.42 Å². The van der Waals surface area contributed by atoms with Crippen molar-refractivity contribution in [2.24, 2.45) is 11.3 Å². The molecule has 1 aliphatic rings. The molecule has 4 atom stereocenters. The molecule has 11 heteroatoms. The Hall–Kier alpha value is -2.33. The van der Waals surface area contributed by atoms with Gasteiger partial charge in [-0.2, -0.15) is 26.3 Å². The number of halogens is 8. The summed E-state index contributed by atoms with van der Waals surface area (Å²) in [5.41, 5.74) is -3.61. The van der Waals surface area contributed by atoms with Gasteiger partial charge in [0.1, 0.15) is 12.4 Å². The van der Waals surface area contributed by atoms with Gasteiger partial charge in [-0.25, -0.2) is 8.78 Å². The van der Waals surface area contributed by atoms with Crippen LogP contribution in [-0.2, 0) is 9.53 Å². The Morgan fingerprint density at radius 1 is 0.951 bits per heavy atom. The molecule has 0 aliphatic heterocycles. The Morgan fingerprint density at radius 3 is 1.76 bits per heavy atom. The summed E-state index contributed by atoms with van der Waals surface area (Å²) in [4.78, 5) is 11.5. The van der Waals surface area contributed by atoms with Gasteiger partial charge in [0.2, 0.25) is 6.17 Å². The van der Waals surface area contributed by atoms with E-state index in [2.05, 4.69) is 52.4 Å². The molecule has 1 N–H and O–H groups in total. The van der Waals surface area contributed by atoms with Crippen LogP contribution in [0.1, 0.15) is 93.1 Å². The molecule has 0 saturated heterocycles. The van der Waals surface area contributed by atoms with Crippen LogP contribution in [0.5, 0.6) is 5.75 Å². The Bertz CT molecular complexity index is 988. The third-order valence-electron chi connectivity index (χ3n) is 7.24. The van der Waals surface area contributed by atoms with Crippen molar-refractivity contribution in [3.63, 3.8) is 0 Å². The van der Waals surface area contributed by atoms with Crippen molar-refractivity contribution in [3.8, 4) is 5.75 Å². The second kappa shape index (κ2) is 14.7. The highest BCUT2D eigenvalue weighted by atomic mass is 19.4. The lowest BCUT2D eigenvalue weighted by atomic mass is 9.90. The van der Waals surface area contributed by atoms with E-state index in [1.807, 2.05) is 12.1 Å². The van der Waals surface area contributed by atoms with Crippen LogP contribution in [0, 0.1) is 11.3 Å². The second-order valence-electron chi connectivity index (χ2n) is 11.3. The summed E-state index contributed by atoms with van der Waals surface area (Å²) in [6.45, 7) is 14.9. The lowest BCUT2D eigenvalue weighted by Crippen LogP contribution is -2.55. The van der Waals surface area contributed by atoms with Gasteiger partial charge in [-0.3, -0.25) is 4.79 Å². The highest BCUT2D eigenvalue weighted by molar-refractivity contribution is 5.75. The van der Waals surface area contributed by atoms with Gasteiger partial charge in [-0.05, 0) is 70.1 Å². The summed E-state index contributed by atoms with van der Waals surface area (Å²) in [6, 6.07) is 7.43. The van der Waals surface area contributed by atoms with Crippen LogP contribution in [0.15, 0.2) is 35.9 Å². The SMILES string of the molecule is CCC(C)(C)C(=O)OCC1(F)C(F)C(F)(F)C(F)(F)C1(F)F.CCC(C)C=C(C)C.CCC(C)c1ccc(O)cc1. The first-order valence-corrected chi connectivity index (χ1v) is 13.6. The van der Waals surface area contributed by atoms with Crippen LogP contribution in [0.25, 0.3) is 0 Å². The maximum absolute atomic E-state index is 14.0. The number of allylic oxidation sites excluding steroid dienone is 2. The number of aromatic hydroxyl groups is 1. The van der Waals surface area contributed by atoms with Gasteiger partial charge in [-0.1, -0.05) is 64.8 Å². The van der Waals surface area contributed by atoms with Gasteiger partial charge >= 0.3 is 23.7 Å². The maximum Gasteiger partial charge on any atom is 0.378 e. The molecule has 1 fully saturated rings. The highest BCUT2D eigenvalue weighted by Crippen LogP contribution is 2.63. The van der Waals surface area contributed by atoms with Crippen LogP contribution in [0.4, 0.5) is 35.1 Å². The molecular formula is C30H44F8O3. The summed E-state index contributed by atoms with van der Waals surface area (Å²) >= 11 is 0. The molecule has 41 heavy (non-hydrogen) atoms. The van der Waals surface area contributed by atoms with Crippen molar-refractivity contribution in [2.75, 3.05) is 6.61 Å². The molecular weight excluding hydrogens is 560 g/mol. The van der Waals surface area contributed by atoms with Crippen LogP contribution >= 0.6 is 0 Å². The highest BCUT2D eigenvalue weighted by Gasteiger charge is 2.93. The van der Waals surface area contributed by atoms with Crippen LogP contribution in [0.3, 0.4) is 0 Å². The quantitative estimate of drug-likeness (QED) is 0.183. The average Bonchev–Trinajstić information content (AvgIpc) is 2.96. The summed E-state index contributed by atoms with van der Waals surface area (Å²) in [6.07, 6.45) is 0.283. The van der Waals surface area contributed by atoms with Crippen LogP contribution in [0.2, 0.25) is 0 Å². The number of carbonyl (C=O) groups is 1. The average molecular weight is 605 g/mol. The van der Waals surface area contributed by atoms with Crippen molar-refractivity contribution in [1.29, 1.82) is 0 Å². The second-order valence-corrected chi connectivity index (χ2v) is 11.3. The first-order valence-electron chi connectivity index (χ1n) is 13.6. The van der Waals surface area contributed by atoms with Crippen molar-refractivity contribution in [2.45, 2.75) is 117 Å². The number of benzene rings is 1. The number of hydrogen-bond acceptors (Lipinski definition) is 3. The minimum Gasteiger partial charge on any atom is -0.508 e. The van der Waals surface area contributed by atoms with Gasteiger partial charge in [0.25, 0.3) is 5.67 Å². The van der Waals surface area contributed by atoms with Crippen LogP contribution in [-0.4, -0.2) is 47.3 Å². The normalized spacial score (nSPS) is 23.6. The summed E-state index contributed by atoms with van der Waals surface area (Å²) in [7, 11) is 0. The Balaban J connectivity index is 0.000000695. The van der Waals surface area contributed by atoms with Crippen molar-refractivity contribution >= 4 is 5.97 Å². The molecule has 0 spiro atoms. The molecule has 2 rings (SSSR count). The van der Waals surface area contributed by atoms with E-state index in [9.17, 15) is 39.9 Å². The van der Waals surface area contributed by atoms with Gasteiger partial charge in [0.05, 0.1) is 5.41 Å². The smallest absolute Gasteiger partial charge is 0.378 e. The Morgan fingerprint density at radius 2 is 1.44 bits per heavy atom. The summed E-state index contributed by atoms with van der Waals surface area (Å²) < 4.78 is 110. The molecule has 0 aromatic heterocycles. The van der Waals surface area contributed by atoms with E-state index in [4.69, 9.17) is 5.11 Å². The lowest BCUT2D eigenvalue weighted by molar-refractivity contribution is -0.291. The Labute approximate surface area is 238 Å². The predicted molar refractivity (Wildman–Crippen MR) is 144 cm³/mol.